The highest BCUT2D eigenvalue weighted by Gasteiger charge is 2.43. The van der Waals surface area contributed by atoms with E-state index in [1.165, 1.54) is 0 Å². The smallest absolute Gasteiger partial charge is 0.374 e. The molecule has 4 nitrogen and oxygen atoms in total. The van der Waals surface area contributed by atoms with Gasteiger partial charge in [0.25, 0.3) is 0 Å². The topological polar surface area (TPSA) is 61.4 Å². The maximum absolute atomic E-state index is 12.8. The van der Waals surface area contributed by atoms with Crippen molar-refractivity contribution >= 4 is 11.0 Å². The number of aliphatic hydroxyl groups excluding tert-OH is 1. The van der Waals surface area contributed by atoms with Gasteiger partial charge in [0.2, 0.25) is 0 Å². The van der Waals surface area contributed by atoms with Crippen molar-refractivity contribution in [1.29, 1.82) is 0 Å². The van der Waals surface area contributed by atoms with E-state index >= 15 is 0 Å². The monoisotopic (exact) mass is 370 g/mol. The third-order valence-corrected chi connectivity index (χ3v) is 5.52. The lowest BCUT2D eigenvalue weighted by atomic mass is 9.83. The van der Waals surface area contributed by atoms with Gasteiger partial charge >= 0.3 is 6.18 Å². The van der Waals surface area contributed by atoms with Gasteiger partial charge in [-0.25, -0.2) is 8.93 Å². The van der Waals surface area contributed by atoms with Crippen LogP contribution in [0.4, 0.5) is 13.2 Å². The Balaban J connectivity index is 2.26. The van der Waals surface area contributed by atoms with E-state index in [0.717, 1.165) is 12.8 Å². The van der Waals surface area contributed by atoms with Gasteiger partial charge in [-0.1, -0.05) is 13.0 Å². The predicted octanol–water partition coefficient (Wildman–Crippen LogP) is 3.22. The van der Waals surface area contributed by atoms with E-state index in [0.29, 0.717) is 25.1 Å². The molecule has 0 aromatic rings. The number of aliphatic hydroxyl groups is 1. The summed E-state index contributed by atoms with van der Waals surface area (Å²) in [5.74, 6) is -1.88. The molecule has 1 aliphatic carbocycles. The van der Waals surface area contributed by atoms with E-state index in [1.54, 1.807) is 13.0 Å². The van der Waals surface area contributed by atoms with Gasteiger partial charge < -0.3 is 10.4 Å². The average Bonchev–Trinajstić information content (AvgIpc) is 2.45. The van der Waals surface area contributed by atoms with Gasteiger partial charge in [-0.3, -0.25) is 0 Å². The van der Waals surface area contributed by atoms with Gasteiger partial charge in [0.05, 0.1) is 16.9 Å². The molecule has 142 valence electrons. The van der Waals surface area contributed by atoms with Crippen molar-refractivity contribution in [3.63, 3.8) is 0 Å². The Morgan fingerprint density at radius 2 is 2.04 bits per heavy atom. The number of nitrogens with one attached hydrogen (secondary N) is 2. The first-order valence-electron chi connectivity index (χ1n) is 8.47. The minimum atomic E-state index is -4.16. The first-order valence-corrected chi connectivity index (χ1v) is 9.68. The van der Waals surface area contributed by atoms with Crippen molar-refractivity contribution in [2.75, 3.05) is 6.54 Å². The molecule has 0 heterocycles. The second kappa shape index (κ2) is 9.77. The first-order chi connectivity index (χ1) is 11.1. The third-order valence-electron chi connectivity index (χ3n) is 4.17. The lowest BCUT2D eigenvalue weighted by molar-refractivity contribution is -0.186. The SMILES string of the molecule is CC1C=C(NC(O)CCCCNS(=O)C(C)C)CC[C@H]1C(F)(F)F. The van der Waals surface area contributed by atoms with E-state index < -0.39 is 35.2 Å². The molecule has 8 heteroatoms. The fourth-order valence-electron chi connectivity index (χ4n) is 2.76. The summed E-state index contributed by atoms with van der Waals surface area (Å²) in [7, 11) is -1.04. The molecule has 4 atom stereocenters. The van der Waals surface area contributed by atoms with Crippen LogP contribution < -0.4 is 10.0 Å². The zero-order chi connectivity index (χ0) is 18.3. The summed E-state index contributed by atoms with van der Waals surface area (Å²) in [6.07, 6.45) is -0.956. The minimum absolute atomic E-state index is 0.0567. The molecule has 0 aromatic heterocycles. The van der Waals surface area contributed by atoms with Crippen LogP contribution in [-0.4, -0.2) is 33.5 Å². The summed E-state index contributed by atoms with van der Waals surface area (Å²) in [6.45, 7) is 5.93. The molecule has 0 aliphatic heterocycles. The molecule has 24 heavy (non-hydrogen) atoms. The summed E-state index contributed by atoms with van der Waals surface area (Å²) >= 11 is 0. The second-order valence-electron chi connectivity index (χ2n) is 6.63. The van der Waals surface area contributed by atoms with Crippen molar-refractivity contribution in [3.05, 3.63) is 11.8 Å². The molecule has 0 amide bonds. The van der Waals surface area contributed by atoms with E-state index in [9.17, 15) is 22.5 Å². The van der Waals surface area contributed by atoms with Crippen molar-refractivity contribution in [2.45, 2.75) is 70.5 Å². The van der Waals surface area contributed by atoms with E-state index in [-0.39, 0.29) is 11.7 Å². The van der Waals surface area contributed by atoms with Crippen LogP contribution >= 0.6 is 0 Å². The van der Waals surface area contributed by atoms with Gasteiger partial charge in [0.15, 0.2) is 0 Å². The second-order valence-corrected chi connectivity index (χ2v) is 8.46. The fourth-order valence-corrected chi connectivity index (χ4v) is 3.44. The molecule has 0 radical (unpaired) electrons. The Morgan fingerprint density at radius 3 is 2.58 bits per heavy atom. The van der Waals surface area contributed by atoms with Crippen LogP contribution in [0.25, 0.3) is 0 Å². The first kappa shape index (κ1) is 21.4. The Morgan fingerprint density at radius 1 is 1.38 bits per heavy atom. The number of hydrogen-bond acceptors (Lipinski definition) is 3. The Hall–Kier alpha value is -0.600. The van der Waals surface area contributed by atoms with E-state index in [2.05, 4.69) is 10.0 Å². The van der Waals surface area contributed by atoms with Crippen LogP contribution in [0.1, 0.15) is 52.9 Å². The summed E-state index contributed by atoms with van der Waals surface area (Å²) in [6, 6.07) is 0. The molecule has 1 rings (SSSR count). The highest BCUT2D eigenvalue weighted by atomic mass is 32.2. The molecule has 0 saturated carbocycles. The summed E-state index contributed by atoms with van der Waals surface area (Å²) in [5, 5.41) is 12.9. The van der Waals surface area contributed by atoms with Crippen molar-refractivity contribution in [2.24, 2.45) is 11.8 Å². The lowest BCUT2D eigenvalue weighted by Crippen LogP contribution is -2.35. The maximum Gasteiger partial charge on any atom is 0.392 e. The lowest BCUT2D eigenvalue weighted by Gasteiger charge is -2.30. The van der Waals surface area contributed by atoms with Gasteiger partial charge in [-0.15, -0.1) is 0 Å². The molecular weight excluding hydrogens is 341 g/mol. The third kappa shape index (κ3) is 7.53. The molecule has 0 bridgehead atoms. The number of rotatable bonds is 9. The van der Waals surface area contributed by atoms with E-state index in [4.69, 9.17) is 0 Å². The molecule has 3 N–H and O–H groups in total. The Labute approximate surface area is 144 Å². The quantitative estimate of drug-likeness (QED) is 0.431. The van der Waals surface area contributed by atoms with Gasteiger partial charge in [-0.2, -0.15) is 13.2 Å². The van der Waals surface area contributed by atoms with Crippen LogP contribution in [0, 0.1) is 11.8 Å². The maximum atomic E-state index is 12.8. The standard InChI is InChI=1S/C16H29F3N2O2S/c1-11(2)24(23)20-9-5-4-6-15(22)21-13-7-8-14(12(3)10-13)16(17,18)19/h10-12,14-15,20-22H,4-9H2,1-3H3/t12?,14-,15?,24?/m1/s1. The highest BCUT2D eigenvalue weighted by molar-refractivity contribution is 7.83. The van der Waals surface area contributed by atoms with E-state index in [1.807, 2.05) is 13.8 Å². The normalized spacial score (nSPS) is 24.6. The van der Waals surface area contributed by atoms with Crippen LogP contribution in [0.2, 0.25) is 0 Å². The van der Waals surface area contributed by atoms with Gasteiger partial charge in [0.1, 0.15) is 6.23 Å². The number of hydrogen-bond donors (Lipinski definition) is 3. The minimum Gasteiger partial charge on any atom is -0.374 e. The van der Waals surface area contributed by atoms with Crippen LogP contribution in [0.3, 0.4) is 0 Å². The molecule has 0 fully saturated rings. The van der Waals surface area contributed by atoms with Gasteiger partial charge in [-0.05, 0) is 51.9 Å². The summed E-state index contributed by atoms with van der Waals surface area (Å²) < 4.78 is 52.8. The zero-order valence-corrected chi connectivity index (χ0v) is 15.3. The average molecular weight is 370 g/mol. The van der Waals surface area contributed by atoms with Crippen molar-refractivity contribution in [3.8, 4) is 0 Å². The molecule has 0 spiro atoms. The predicted molar refractivity (Wildman–Crippen MR) is 90.3 cm³/mol. The number of alkyl halides is 3. The highest BCUT2D eigenvalue weighted by Crippen LogP contribution is 2.39. The number of halogens is 3. The molecule has 0 saturated heterocycles. The molecule has 1 aliphatic rings. The van der Waals surface area contributed by atoms with Crippen LogP contribution in [-0.2, 0) is 11.0 Å². The molecular formula is C16H29F3N2O2S. The van der Waals surface area contributed by atoms with Crippen LogP contribution in [0.15, 0.2) is 11.8 Å². The molecule has 0 aromatic carbocycles. The fraction of sp³-hybridized carbons (Fsp3) is 0.875. The Bertz CT molecular complexity index is 442. The summed E-state index contributed by atoms with van der Waals surface area (Å²) in [4.78, 5) is 0. The van der Waals surface area contributed by atoms with Crippen molar-refractivity contribution in [1.82, 2.24) is 10.0 Å². The number of unbranched alkanes of at least 4 members (excludes halogenated alkanes) is 1. The van der Waals surface area contributed by atoms with Crippen LogP contribution in [0.5, 0.6) is 0 Å². The zero-order valence-electron chi connectivity index (χ0n) is 14.5. The van der Waals surface area contributed by atoms with Crippen molar-refractivity contribution < 1.29 is 22.5 Å². The number of allylic oxidation sites excluding steroid dienone is 2. The summed E-state index contributed by atoms with van der Waals surface area (Å²) in [5.41, 5.74) is 0.689. The largest absolute Gasteiger partial charge is 0.392 e. The van der Waals surface area contributed by atoms with Gasteiger partial charge in [0, 0.05) is 17.5 Å². The Kier molecular flexibility index (Phi) is 8.73. The molecule has 3 unspecified atom stereocenters.